The Labute approximate surface area is 209 Å². The molecule has 2 nitrogen and oxygen atoms in total. The summed E-state index contributed by atoms with van der Waals surface area (Å²) in [6, 6.07) is 46.7. The summed E-state index contributed by atoms with van der Waals surface area (Å²) >= 11 is 0. The molecule has 0 aliphatic rings. The Balaban J connectivity index is 1.55. The maximum Gasteiger partial charge on any atom is 0.0900 e. The lowest BCUT2D eigenvalue weighted by atomic mass is 9.94. The van der Waals surface area contributed by atoms with E-state index in [1.165, 1.54) is 32.8 Å². The summed E-state index contributed by atoms with van der Waals surface area (Å²) < 4.78 is 0. The van der Waals surface area contributed by atoms with Gasteiger partial charge >= 0.3 is 0 Å². The Morgan fingerprint density at radius 2 is 0.944 bits per heavy atom. The van der Waals surface area contributed by atoms with Gasteiger partial charge in [0.1, 0.15) is 0 Å². The minimum absolute atomic E-state index is 0.875. The van der Waals surface area contributed by atoms with Crippen LogP contribution in [0.4, 0.5) is 0 Å². The summed E-state index contributed by atoms with van der Waals surface area (Å²) in [5.74, 6) is 0. The van der Waals surface area contributed by atoms with Crippen LogP contribution < -0.4 is 0 Å². The lowest BCUT2D eigenvalue weighted by molar-refractivity contribution is 1.32. The van der Waals surface area contributed by atoms with Crippen LogP contribution in [0.25, 0.3) is 66.2 Å². The van der Waals surface area contributed by atoms with Crippen LogP contribution in [0.5, 0.6) is 0 Å². The molecule has 5 aromatic carbocycles. The molecule has 7 rings (SSSR count). The number of para-hydroxylation sites is 1. The molecule has 0 aliphatic heterocycles. The maximum absolute atomic E-state index is 5.16. The van der Waals surface area contributed by atoms with Crippen LogP contribution in [-0.2, 0) is 0 Å². The van der Waals surface area contributed by atoms with Gasteiger partial charge in [0.25, 0.3) is 0 Å². The van der Waals surface area contributed by atoms with Gasteiger partial charge in [0, 0.05) is 10.8 Å². The van der Waals surface area contributed by atoms with Crippen LogP contribution in [0.15, 0.2) is 133 Å². The molecular formula is C34H22N2. The zero-order valence-electron chi connectivity index (χ0n) is 19.6. The Bertz CT molecular complexity index is 1870. The number of hydrogen-bond donors (Lipinski definition) is 0. The average molecular weight is 459 g/mol. The minimum atomic E-state index is 0.875. The Morgan fingerprint density at radius 3 is 1.69 bits per heavy atom. The van der Waals surface area contributed by atoms with E-state index in [-0.39, 0.29) is 0 Å². The monoisotopic (exact) mass is 458 g/mol. The topological polar surface area (TPSA) is 25.8 Å². The minimum Gasteiger partial charge on any atom is -0.246 e. The number of pyridine rings is 2. The molecule has 2 heterocycles. The molecule has 0 unspecified atom stereocenters. The lowest BCUT2D eigenvalue weighted by Gasteiger charge is -2.14. The molecule has 36 heavy (non-hydrogen) atoms. The number of fused-ring (bicyclic) bond motifs is 4. The van der Waals surface area contributed by atoms with E-state index in [0.29, 0.717) is 0 Å². The van der Waals surface area contributed by atoms with Crippen molar-refractivity contribution in [3.8, 4) is 33.6 Å². The van der Waals surface area contributed by atoms with Crippen molar-refractivity contribution in [3.05, 3.63) is 133 Å². The second kappa shape index (κ2) is 8.44. The van der Waals surface area contributed by atoms with Gasteiger partial charge in [0.05, 0.1) is 22.4 Å². The lowest BCUT2D eigenvalue weighted by Crippen LogP contribution is -1.95. The highest BCUT2D eigenvalue weighted by molar-refractivity contribution is 6.13. The molecule has 0 saturated heterocycles. The van der Waals surface area contributed by atoms with E-state index in [0.717, 1.165) is 33.4 Å². The summed E-state index contributed by atoms with van der Waals surface area (Å²) in [6.45, 7) is 0. The van der Waals surface area contributed by atoms with Crippen molar-refractivity contribution in [2.75, 3.05) is 0 Å². The Kier molecular flexibility index (Phi) is 4.82. The molecular weight excluding hydrogens is 436 g/mol. The highest BCUT2D eigenvalue weighted by Crippen LogP contribution is 2.38. The second-order valence-corrected chi connectivity index (χ2v) is 9.04. The molecule has 0 spiro atoms. The molecule has 0 bridgehead atoms. The first kappa shape index (κ1) is 20.5. The van der Waals surface area contributed by atoms with Gasteiger partial charge in [-0.2, -0.15) is 0 Å². The first-order chi connectivity index (χ1) is 17.8. The van der Waals surface area contributed by atoms with Gasteiger partial charge in [-0.15, -0.1) is 0 Å². The van der Waals surface area contributed by atoms with E-state index < -0.39 is 0 Å². The highest BCUT2D eigenvalue weighted by Gasteiger charge is 2.15. The van der Waals surface area contributed by atoms with E-state index in [9.17, 15) is 0 Å². The molecule has 0 atom stereocenters. The molecule has 0 fully saturated rings. The maximum atomic E-state index is 5.16. The number of aromatic nitrogens is 2. The molecule has 2 heteroatoms. The zero-order chi connectivity index (χ0) is 23.9. The van der Waals surface area contributed by atoms with Gasteiger partial charge in [-0.05, 0) is 57.3 Å². The second-order valence-electron chi connectivity index (χ2n) is 9.04. The van der Waals surface area contributed by atoms with Gasteiger partial charge in [0.15, 0.2) is 0 Å². The molecule has 0 N–H and O–H groups in total. The normalized spacial score (nSPS) is 11.3. The smallest absolute Gasteiger partial charge is 0.0900 e. The predicted octanol–water partition coefficient (Wildman–Crippen LogP) is 8.94. The average Bonchev–Trinajstić information content (AvgIpc) is 2.96. The molecule has 168 valence electrons. The number of benzene rings is 5. The summed E-state index contributed by atoms with van der Waals surface area (Å²) in [5.41, 5.74) is 8.37. The van der Waals surface area contributed by atoms with Crippen molar-refractivity contribution in [2.45, 2.75) is 0 Å². The van der Waals surface area contributed by atoms with Crippen molar-refractivity contribution in [2.24, 2.45) is 0 Å². The predicted molar refractivity (Wildman–Crippen MR) is 151 cm³/mol. The summed E-state index contributed by atoms with van der Waals surface area (Å²) in [5, 5.41) is 4.74. The van der Waals surface area contributed by atoms with E-state index >= 15 is 0 Å². The van der Waals surface area contributed by atoms with Crippen molar-refractivity contribution in [3.63, 3.8) is 0 Å². The van der Waals surface area contributed by atoms with Crippen LogP contribution >= 0.6 is 0 Å². The summed E-state index contributed by atoms with van der Waals surface area (Å²) in [4.78, 5) is 10.2. The van der Waals surface area contributed by atoms with E-state index in [1.54, 1.807) is 0 Å². The van der Waals surface area contributed by atoms with Crippen molar-refractivity contribution < 1.29 is 0 Å². The van der Waals surface area contributed by atoms with Gasteiger partial charge in [-0.25, -0.2) is 9.97 Å². The first-order valence-electron chi connectivity index (χ1n) is 12.2. The highest BCUT2D eigenvalue weighted by atomic mass is 14.8. The van der Waals surface area contributed by atoms with Crippen molar-refractivity contribution >= 4 is 32.6 Å². The largest absolute Gasteiger partial charge is 0.246 e. The number of nitrogens with zero attached hydrogens (tertiary/aromatic N) is 2. The third-order valence-corrected chi connectivity index (χ3v) is 6.85. The van der Waals surface area contributed by atoms with Crippen LogP contribution in [0.1, 0.15) is 0 Å². The SMILES string of the molecule is c1ccc(-c2cc(-c3cc(-c4ccccc4)c4c(ccc5ccccc54)n3)nc3ccccc23)cc1. The van der Waals surface area contributed by atoms with Crippen molar-refractivity contribution in [1.29, 1.82) is 0 Å². The number of hydrogen-bond acceptors (Lipinski definition) is 2. The molecule has 0 amide bonds. The van der Waals surface area contributed by atoms with E-state index in [1.807, 2.05) is 6.07 Å². The third-order valence-electron chi connectivity index (χ3n) is 6.85. The van der Waals surface area contributed by atoms with E-state index in [4.69, 9.17) is 9.97 Å². The fraction of sp³-hybridized carbons (Fsp3) is 0. The van der Waals surface area contributed by atoms with Crippen LogP contribution in [-0.4, -0.2) is 9.97 Å². The fourth-order valence-electron chi connectivity index (χ4n) is 5.15. The van der Waals surface area contributed by atoms with Gasteiger partial charge in [-0.1, -0.05) is 109 Å². The van der Waals surface area contributed by atoms with Crippen LogP contribution in [0.2, 0.25) is 0 Å². The van der Waals surface area contributed by atoms with Crippen molar-refractivity contribution in [1.82, 2.24) is 9.97 Å². The summed E-state index contributed by atoms with van der Waals surface area (Å²) in [7, 11) is 0. The van der Waals surface area contributed by atoms with E-state index in [2.05, 4.69) is 127 Å². The zero-order valence-corrected chi connectivity index (χ0v) is 19.6. The fourth-order valence-corrected chi connectivity index (χ4v) is 5.15. The third kappa shape index (κ3) is 3.43. The standard InChI is InChI=1S/C34H22N2/c1-3-11-23(12-4-1)28-21-32(35-30-18-10-9-17-27(28)30)33-22-29(24-13-5-2-6-14-24)34-26-16-8-7-15-25(26)19-20-31(34)36-33/h1-22H. The quantitative estimate of drug-likeness (QED) is 0.247. The molecule has 0 saturated carbocycles. The summed E-state index contributed by atoms with van der Waals surface area (Å²) in [6.07, 6.45) is 0. The van der Waals surface area contributed by atoms with Gasteiger partial charge in [0.2, 0.25) is 0 Å². The van der Waals surface area contributed by atoms with Gasteiger partial charge in [-0.3, -0.25) is 0 Å². The molecule has 0 radical (unpaired) electrons. The van der Waals surface area contributed by atoms with Crippen LogP contribution in [0.3, 0.4) is 0 Å². The Hall–Kier alpha value is -4.82. The number of rotatable bonds is 3. The Morgan fingerprint density at radius 1 is 0.389 bits per heavy atom. The first-order valence-corrected chi connectivity index (χ1v) is 12.2. The molecule has 7 aromatic rings. The molecule has 2 aromatic heterocycles. The molecule has 0 aliphatic carbocycles. The van der Waals surface area contributed by atoms with Crippen LogP contribution in [0, 0.1) is 0 Å². The van der Waals surface area contributed by atoms with Gasteiger partial charge < -0.3 is 0 Å².